The van der Waals surface area contributed by atoms with Gasteiger partial charge in [0.05, 0.1) is 0 Å². The molecule has 6 nitrogen and oxygen atoms in total. The third kappa shape index (κ3) is 2.06. The van der Waals surface area contributed by atoms with Crippen LogP contribution in [0.1, 0.15) is 5.76 Å². The van der Waals surface area contributed by atoms with Crippen LogP contribution in [0.25, 0.3) is 0 Å². The van der Waals surface area contributed by atoms with Crippen molar-refractivity contribution in [3.05, 3.63) is 16.4 Å². The molecule has 0 bridgehead atoms. The fourth-order valence-electron chi connectivity index (χ4n) is 0.546. The lowest BCUT2D eigenvalue weighted by molar-refractivity contribution is 0.159. The van der Waals surface area contributed by atoms with Crippen LogP contribution in [-0.4, -0.2) is 5.30 Å². The van der Waals surface area contributed by atoms with Crippen molar-refractivity contribution in [1.82, 2.24) is 0 Å². The zero-order chi connectivity index (χ0) is 9.14. The van der Waals surface area contributed by atoms with Crippen LogP contribution >= 0.6 is 12.6 Å². The summed E-state index contributed by atoms with van der Waals surface area (Å²) in [4.78, 5) is 20.6. The van der Waals surface area contributed by atoms with Crippen LogP contribution < -0.4 is 11.6 Å². The van der Waals surface area contributed by atoms with Gasteiger partial charge in [0.2, 0.25) is 11.6 Å². The zero-order valence-electron chi connectivity index (χ0n) is 5.77. The van der Waals surface area contributed by atoms with Gasteiger partial charge in [0.25, 0.3) is 0 Å². The molecule has 0 aliphatic carbocycles. The third-order valence-electron chi connectivity index (χ3n) is 1.00. The van der Waals surface area contributed by atoms with E-state index < -0.39 is 11.1 Å². The van der Waals surface area contributed by atoms with E-state index >= 15 is 0 Å². The Morgan fingerprint density at radius 1 is 1.58 bits per heavy atom. The highest BCUT2D eigenvalue weighted by Crippen LogP contribution is 2.10. The van der Waals surface area contributed by atoms with Gasteiger partial charge in [-0.3, -0.25) is 0 Å². The number of ether oxygens (including phenoxy) is 1. The van der Waals surface area contributed by atoms with Gasteiger partial charge >= 0.3 is 11.1 Å². The quantitative estimate of drug-likeness (QED) is 0.518. The summed E-state index contributed by atoms with van der Waals surface area (Å²) in [6.45, 7) is -0.264. The van der Waals surface area contributed by atoms with E-state index in [1.807, 2.05) is 0 Å². The molecule has 0 aliphatic rings. The summed E-state index contributed by atoms with van der Waals surface area (Å²) in [6, 6.07) is 0. The minimum absolute atomic E-state index is 0.0256. The van der Waals surface area contributed by atoms with Gasteiger partial charge in [-0.25, -0.2) is 9.59 Å². The topological polar surface area (TPSA) is 95.7 Å². The van der Waals surface area contributed by atoms with E-state index in [9.17, 15) is 9.59 Å². The smallest absolute Gasteiger partial charge is 0.449 e. The van der Waals surface area contributed by atoms with Gasteiger partial charge in [0, 0.05) is 0 Å². The van der Waals surface area contributed by atoms with Crippen molar-refractivity contribution in [3.8, 4) is 0 Å². The van der Waals surface area contributed by atoms with Crippen LogP contribution in [0, 0.1) is 0 Å². The van der Waals surface area contributed by atoms with E-state index in [0.29, 0.717) is 0 Å². The maximum atomic E-state index is 10.4. The lowest BCUT2D eigenvalue weighted by atomic mass is 10.5. The molecule has 7 heteroatoms. The average molecular weight is 191 g/mol. The van der Waals surface area contributed by atoms with E-state index in [1.54, 1.807) is 0 Å². The number of carbonyl (C=O) groups excluding carboxylic acids is 1. The molecular formula is C5H5NO5S. The van der Waals surface area contributed by atoms with Gasteiger partial charge in [-0.05, 0) is 0 Å². The summed E-state index contributed by atoms with van der Waals surface area (Å²) >= 11 is 3.32. The molecule has 0 radical (unpaired) electrons. The molecule has 1 rings (SSSR count). The minimum Gasteiger partial charge on any atom is -0.449 e. The third-order valence-corrected chi connectivity index (χ3v) is 1.13. The van der Waals surface area contributed by atoms with Crippen LogP contribution in [0.15, 0.2) is 13.6 Å². The predicted octanol–water partition coefficient (Wildman–Crippen LogP) is 0.381. The SMILES string of the molecule is Nc1oc(=O)oc1COC(=O)S. The van der Waals surface area contributed by atoms with Crippen molar-refractivity contribution >= 4 is 23.8 Å². The molecule has 0 atom stereocenters. The summed E-state index contributed by atoms with van der Waals surface area (Å²) in [5, 5.41) is -0.793. The number of nitrogen functional groups attached to an aromatic ring is 1. The van der Waals surface area contributed by atoms with E-state index in [4.69, 9.17) is 5.73 Å². The maximum Gasteiger partial charge on any atom is 0.520 e. The Balaban J connectivity index is 2.69. The molecule has 0 spiro atoms. The summed E-state index contributed by atoms with van der Waals surface area (Å²) in [7, 11) is 0. The van der Waals surface area contributed by atoms with E-state index in [1.165, 1.54) is 0 Å². The molecule has 66 valence electrons. The molecule has 12 heavy (non-hydrogen) atoms. The lowest BCUT2D eigenvalue weighted by Gasteiger charge is -1.95. The molecule has 0 saturated carbocycles. The first-order valence-electron chi connectivity index (χ1n) is 2.83. The Morgan fingerprint density at radius 3 is 2.67 bits per heavy atom. The van der Waals surface area contributed by atoms with Crippen LogP contribution in [0.2, 0.25) is 0 Å². The number of anilines is 1. The van der Waals surface area contributed by atoms with Crippen molar-refractivity contribution in [2.24, 2.45) is 0 Å². The fraction of sp³-hybridized carbons (Fsp3) is 0.200. The van der Waals surface area contributed by atoms with Crippen LogP contribution in [0.3, 0.4) is 0 Å². The minimum atomic E-state index is -0.933. The van der Waals surface area contributed by atoms with Crippen molar-refractivity contribution in [2.75, 3.05) is 5.73 Å². The Bertz CT molecular complexity index is 340. The second kappa shape index (κ2) is 3.35. The molecule has 1 aromatic heterocycles. The summed E-state index contributed by atoms with van der Waals surface area (Å²) in [5.41, 5.74) is 5.15. The second-order valence-corrected chi connectivity index (χ2v) is 2.16. The molecule has 0 fully saturated rings. The molecule has 0 aliphatic heterocycles. The Kier molecular flexibility index (Phi) is 2.44. The standard InChI is InChI=1S/C5H5NO5S/c6-3-2(1-9-5(8)12)10-4(7)11-3/h1,6H2,(H,8,12). The molecule has 1 heterocycles. The average Bonchev–Trinajstić information content (AvgIpc) is 2.26. The molecule has 2 N–H and O–H groups in total. The number of rotatable bonds is 2. The van der Waals surface area contributed by atoms with Crippen molar-refractivity contribution < 1.29 is 18.4 Å². The molecule has 0 saturated heterocycles. The number of hydrogen-bond donors (Lipinski definition) is 2. The maximum absolute atomic E-state index is 10.4. The van der Waals surface area contributed by atoms with E-state index in [-0.39, 0.29) is 18.3 Å². The number of hydrogen-bond acceptors (Lipinski definition) is 6. The monoisotopic (exact) mass is 191 g/mol. The van der Waals surface area contributed by atoms with E-state index in [2.05, 4.69) is 26.2 Å². The number of nitrogens with two attached hydrogens (primary N) is 1. The summed E-state index contributed by atoms with van der Waals surface area (Å²) in [5.74, 6) is -1.16. The first-order chi connectivity index (χ1) is 5.59. The number of thiol groups is 1. The van der Waals surface area contributed by atoms with Crippen LogP contribution in [-0.2, 0) is 11.3 Å². The van der Waals surface area contributed by atoms with Gasteiger partial charge in [0.15, 0.2) is 6.61 Å². The fourth-order valence-corrected chi connectivity index (χ4v) is 0.611. The van der Waals surface area contributed by atoms with E-state index in [0.717, 1.165) is 0 Å². The second-order valence-electron chi connectivity index (χ2n) is 1.80. The highest BCUT2D eigenvalue weighted by atomic mass is 32.1. The summed E-state index contributed by atoms with van der Waals surface area (Å²) < 4.78 is 13.1. The van der Waals surface area contributed by atoms with Gasteiger partial charge in [-0.2, -0.15) is 0 Å². The molecular weight excluding hydrogens is 186 g/mol. The van der Waals surface area contributed by atoms with Crippen LogP contribution in [0.5, 0.6) is 0 Å². The molecule has 0 unspecified atom stereocenters. The van der Waals surface area contributed by atoms with Crippen LogP contribution in [0.4, 0.5) is 10.7 Å². The lowest BCUT2D eigenvalue weighted by Crippen LogP contribution is -1.96. The highest BCUT2D eigenvalue weighted by molar-refractivity contribution is 7.96. The first-order valence-corrected chi connectivity index (χ1v) is 3.28. The molecule has 0 amide bonds. The summed E-state index contributed by atoms with van der Waals surface area (Å²) in [6.07, 6.45) is 0. The first kappa shape index (κ1) is 8.72. The van der Waals surface area contributed by atoms with Crippen molar-refractivity contribution in [2.45, 2.75) is 6.61 Å². The number of carbonyl (C=O) groups is 1. The van der Waals surface area contributed by atoms with Gasteiger partial charge in [-0.1, -0.05) is 12.6 Å². The molecule has 1 aromatic rings. The van der Waals surface area contributed by atoms with Gasteiger partial charge in [-0.15, -0.1) is 0 Å². The highest BCUT2D eigenvalue weighted by Gasteiger charge is 2.10. The molecule has 0 aromatic carbocycles. The largest absolute Gasteiger partial charge is 0.520 e. The Labute approximate surface area is 71.7 Å². The van der Waals surface area contributed by atoms with Crippen molar-refractivity contribution in [1.29, 1.82) is 0 Å². The Hall–Kier alpha value is -1.37. The normalized spacial score (nSPS) is 9.75. The Morgan fingerprint density at radius 2 is 2.25 bits per heavy atom. The van der Waals surface area contributed by atoms with Gasteiger partial charge in [0.1, 0.15) is 0 Å². The predicted molar refractivity (Wildman–Crippen MR) is 40.8 cm³/mol. The van der Waals surface area contributed by atoms with Gasteiger partial charge < -0.3 is 19.3 Å². The zero-order valence-corrected chi connectivity index (χ0v) is 6.67. The van der Waals surface area contributed by atoms with Crippen molar-refractivity contribution in [3.63, 3.8) is 0 Å².